The number of fused-ring (bicyclic) bond motifs is 1. The van der Waals surface area contributed by atoms with E-state index in [2.05, 4.69) is 9.97 Å². The number of nitrogens with zero attached hydrogens (tertiary/aromatic N) is 3. The smallest absolute Gasteiger partial charge is 0.543 e. The second-order valence-corrected chi connectivity index (χ2v) is 2.26. The summed E-state index contributed by atoms with van der Waals surface area (Å²) in [5.41, 5.74) is 0.416. The molecule has 2 rings (SSSR count). The number of carboxylic acid groups (broad SMARTS) is 1. The molecule has 2 heterocycles. The number of rotatable bonds is 1. The van der Waals surface area contributed by atoms with Gasteiger partial charge in [0.25, 0.3) is 0 Å². The van der Waals surface area contributed by atoms with E-state index in [1.807, 2.05) is 0 Å². The Bertz CT molecular complexity index is 407. The fraction of sp³-hybridized carbons (Fsp3) is 0. The van der Waals surface area contributed by atoms with Gasteiger partial charge in [0.05, 0.1) is 12.2 Å². The molecule has 2 aromatic rings. The molecule has 60 valence electrons. The Morgan fingerprint density at radius 1 is 1.54 bits per heavy atom. The molecule has 2 aromatic heterocycles. The van der Waals surface area contributed by atoms with E-state index in [-0.39, 0.29) is 24.6 Å². The van der Waals surface area contributed by atoms with Gasteiger partial charge < -0.3 is 14.3 Å². The first-order valence-electron chi connectivity index (χ1n) is 3.27. The van der Waals surface area contributed by atoms with E-state index in [1.54, 1.807) is 16.8 Å². The van der Waals surface area contributed by atoms with Crippen LogP contribution in [0, 0.1) is 0 Å². The molecule has 0 aromatic carbocycles. The van der Waals surface area contributed by atoms with E-state index < -0.39 is 5.97 Å². The van der Waals surface area contributed by atoms with Crippen molar-refractivity contribution >= 4 is 11.6 Å². The van der Waals surface area contributed by atoms with Crippen molar-refractivity contribution in [2.75, 3.05) is 0 Å². The van der Waals surface area contributed by atoms with E-state index in [0.717, 1.165) is 0 Å². The Morgan fingerprint density at radius 3 is 2.92 bits per heavy atom. The second-order valence-electron chi connectivity index (χ2n) is 2.26. The molecule has 5 nitrogen and oxygen atoms in total. The summed E-state index contributed by atoms with van der Waals surface area (Å²) in [6, 6.07) is 0. The molecule has 0 N–H and O–H groups in total. The van der Waals surface area contributed by atoms with Crippen LogP contribution in [0.3, 0.4) is 0 Å². The molecule has 0 aliphatic heterocycles. The molecule has 13 heavy (non-hydrogen) atoms. The van der Waals surface area contributed by atoms with Crippen molar-refractivity contribution in [3.05, 3.63) is 30.5 Å². The molecular formula is C7H4LiN3O2. The minimum Gasteiger partial charge on any atom is -0.543 e. The maximum Gasteiger partial charge on any atom is 1.00 e. The molecule has 0 fully saturated rings. The van der Waals surface area contributed by atoms with Crippen LogP contribution in [-0.4, -0.2) is 20.3 Å². The molecule has 0 aliphatic carbocycles. The Labute approximate surface area is 85.6 Å². The monoisotopic (exact) mass is 169 g/mol. The average molecular weight is 169 g/mol. The van der Waals surface area contributed by atoms with Gasteiger partial charge in [-0.25, -0.2) is 4.98 Å². The fourth-order valence-corrected chi connectivity index (χ4v) is 0.941. The summed E-state index contributed by atoms with van der Waals surface area (Å²) in [6.07, 6.45) is 6.03. The molecule has 0 amide bonds. The van der Waals surface area contributed by atoms with Crippen LogP contribution >= 0.6 is 0 Å². The predicted molar refractivity (Wildman–Crippen MR) is 37.3 cm³/mol. The van der Waals surface area contributed by atoms with Crippen molar-refractivity contribution < 1.29 is 28.8 Å². The summed E-state index contributed by atoms with van der Waals surface area (Å²) in [5.74, 6) is -1.28. The van der Waals surface area contributed by atoms with Gasteiger partial charge >= 0.3 is 18.9 Å². The fourth-order valence-electron chi connectivity index (χ4n) is 0.941. The van der Waals surface area contributed by atoms with Crippen molar-refractivity contribution in [1.29, 1.82) is 0 Å². The molecule has 0 spiro atoms. The third-order valence-corrected chi connectivity index (χ3v) is 1.47. The minimum absolute atomic E-state index is 0. The Hall–Kier alpha value is -1.31. The summed E-state index contributed by atoms with van der Waals surface area (Å²) in [7, 11) is 0. The quantitative estimate of drug-likeness (QED) is 0.409. The van der Waals surface area contributed by atoms with Crippen molar-refractivity contribution in [3.63, 3.8) is 0 Å². The van der Waals surface area contributed by atoms with Crippen molar-refractivity contribution in [2.24, 2.45) is 0 Å². The molecule has 0 radical (unpaired) electrons. The number of aromatic nitrogens is 3. The van der Waals surface area contributed by atoms with Gasteiger partial charge in [0, 0.05) is 18.6 Å². The number of carbonyl (C=O) groups is 1. The van der Waals surface area contributed by atoms with Crippen molar-refractivity contribution in [3.8, 4) is 0 Å². The van der Waals surface area contributed by atoms with E-state index in [1.165, 1.54) is 12.4 Å². The molecular weight excluding hydrogens is 165 g/mol. The van der Waals surface area contributed by atoms with Gasteiger partial charge in [0.15, 0.2) is 5.65 Å². The Balaban J connectivity index is 0.000000845. The standard InChI is InChI=1S/C7H5N3O2.Li/c11-7(12)5-4-10-2-1-8-3-6(10)9-5;/h1-4H,(H,11,12);/q;+1/p-1. The van der Waals surface area contributed by atoms with Gasteiger partial charge in [-0.3, -0.25) is 4.98 Å². The van der Waals surface area contributed by atoms with Crippen molar-refractivity contribution in [1.82, 2.24) is 14.4 Å². The van der Waals surface area contributed by atoms with Gasteiger partial charge in [-0.05, 0) is 0 Å². The normalized spacial score (nSPS) is 9.54. The van der Waals surface area contributed by atoms with Crippen LogP contribution in [0.1, 0.15) is 10.5 Å². The molecule has 0 atom stereocenters. The van der Waals surface area contributed by atoms with Crippen LogP contribution in [0.4, 0.5) is 0 Å². The molecule has 0 aliphatic rings. The zero-order valence-corrected chi connectivity index (χ0v) is 6.97. The van der Waals surface area contributed by atoms with Crippen LogP contribution in [0.25, 0.3) is 5.65 Å². The SMILES string of the molecule is O=C([O-])c1cn2ccncc2n1.[Li+]. The number of imidazole rings is 1. The largest absolute Gasteiger partial charge is 1.00 e. The maximum absolute atomic E-state index is 10.4. The summed E-state index contributed by atoms with van der Waals surface area (Å²) < 4.78 is 1.57. The number of aromatic carboxylic acids is 1. The number of carbonyl (C=O) groups excluding carboxylic acids is 1. The first-order valence-corrected chi connectivity index (χ1v) is 3.27. The van der Waals surface area contributed by atoms with Crippen LogP contribution in [0.15, 0.2) is 24.8 Å². The predicted octanol–water partition coefficient (Wildman–Crippen LogP) is -3.90. The van der Waals surface area contributed by atoms with Crippen LogP contribution in [0.2, 0.25) is 0 Å². The topological polar surface area (TPSA) is 70.3 Å². The van der Waals surface area contributed by atoms with E-state index >= 15 is 0 Å². The first-order chi connectivity index (χ1) is 5.77. The summed E-state index contributed by atoms with van der Waals surface area (Å²) in [4.78, 5) is 17.9. The van der Waals surface area contributed by atoms with Gasteiger partial charge in [0.2, 0.25) is 0 Å². The van der Waals surface area contributed by atoms with Gasteiger partial charge in [0.1, 0.15) is 5.69 Å². The summed E-state index contributed by atoms with van der Waals surface area (Å²) >= 11 is 0. The van der Waals surface area contributed by atoms with Crippen LogP contribution < -0.4 is 24.0 Å². The van der Waals surface area contributed by atoms with Gasteiger partial charge in [-0.15, -0.1) is 0 Å². The van der Waals surface area contributed by atoms with Crippen LogP contribution in [0.5, 0.6) is 0 Å². The average Bonchev–Trinajstić information content (AvgIpc) is 2.46. The Morgan fingerprint density at radius 2 is 2.31 bits per heavy atom. The molecule has 6 heteroatoms. The first kappa shape index (κ1) is 9.77. The second kappa shape index (κ2) is 3.60. The van der Waals surface area contributed by atoms with Crippen LogP contribution in [-0.2, 0) is 0 Å². The maximum atomic E-state index is 10.4. The Kier molecular flexibility index (Phi) is 2.71. The molecule has 0 saturated carbocycles. The summed E-state index contributed by atoms with van der Waals surface area (Å²) in [6.45, 7) is 0. The molecule has 0 bridgehead atoms. The van der Waals surface area contributed by atoms with E-state index in [0.29, 0.717) is 5.65 Å². The molecule has 0 unspecified atom stereocenters. The number of hydrogen-bond acceptors (Lipinski definition) is 4. The van der Waals surface area contributed by atoms with Gasteiger partial charge in [-0.2, -0.15) is 0 Å². The van der Waals surface area contributed by atoms with Gasteiger partial charge in [-0.1, -0.05) is 0 Å². The minimum atomic E-state index is -1.28. The van der Waals surface area contributed by atoms with Crippen molar-refractivity contribution in [2.45, 2.75) is 0 Å². The zero-order valence-electron chi connectivity index (χ0n) is 6.97. The zero-order chi connectivity index (χ0) is 8.55. The molecule has 0 saturated heterocycles. The number of hydrogen-bond donors (Lipinski definition) is 0. The third-order valence-electron chi connectivity index (χ3n) is 1.47. The van der Waals surface area contributed by atoms with E-state index in [4.69, 9.17) is 0 Å². The number of carboxylic acids is 1. The third kappa shape index (κ3) is 1.71. The van der Waals surface area contributed by atoms with E-state index in [9.17, 15) is 9.90 Å². The summed E-state index contributed by atoms with van der Waals surface area (Å²) in [5, 5.41) is 10.4.